The van der Waals surface area contributed by atoms with Crippen LogP contribution in [0.25, 0.3) is 0 Å². The van der Waals surface area contributed by atoms with E-state index in [0.29, 0.717) is 14.9 Å². The Balaban J connectivity index is 2.54. The number of hydrogen-bond acceptors (Lipinski definition) is 4. The van der Waals surface area contributed by atoms with Gasteiger partial charge >= 0.3 is 6.18 Å². The Hall–Kier alpha value is -0.930. The van der Waals surface area contributed by atoms with E-state index in [1.54, 1.807) is 24.3 Å². The molecule has 0 radical (unpaired) electrons. The van der Waals surface area contributed by atoms with Gasteiger partial charge in [0.1, 0.15) is 6.54 Å². The van der Waals surface area contributed by atoms with Crippen LogP contribution in [0, 0.1) is 0 Å². The highest BCUT2D eigenvalue weighted by molar-refractivity contribution is 8.00. The average molecular weight is 328 g/mol. The maximum atomic E-state index is 12.1. The SMILES string of the molecule is CN(CC(F)(F)F)S(=O)(=O)CCSc1ccccc1N. The maximum absolute atomic E-state index is 12.1. The van der Waals surface area contributed by atoms with Gasteiger partial charge in [0.2, 0.25) is 10.0 Å². The monoisotopic (exact) mass is 328 g/mol. The third-order valence-electron chi connectivity index (χ3n) is 2.39. The molecule has 4 nitrogen and oxygen atoms in total. The minimum Gasteiger partial charge on any atom is -0.398 e. The van der Waals surface area contributed by atoms with Gasteiger partial charge in [0.25, 0.3) is 0 Å². The third-order valence-corrected chi connectivity index (χ3v) is 5.54. The summed E-state index contributed by atoms with van der Waals surface area (Å²) < 4.78 is 60.1. The zero-order chi connectivity index (χ0) is 15.4. The lowest BCUT2D eigenvalue weighted by atomic mass is 10.3. The molecule has 0 spiro atoms. The number of nitrogen functional groups attached to an aromatic ring is 1. The van der Waals surface area contributed by atoms with Crippen molar-refractivity contribution >= 4 is 27.5 Å². The van der Waals surface area contributed by atoms with E-state index in [1.807, 2.05) is 0 Å². The van der Waals surface area contributed by atoms with Crippen LogP contribution in [0.1, 0.15) is 0 Å². The number of para-hydroxylation sites is 1. The number of halogens is 3. The van der Waals surface area contributed by atoms with Crippen LogP contribution in [0.3, 0.4) is 0 Å². The van der Waals surface area contributed by atoms with Crippen LogP contribution < -0.4 is 5.73 Å². The lowest BCUT2D eigenvalue weighted by molar-refractivity contribution is -0.134. The molecule has 0 aliphatic rings. The topological polar surface area (TPSA) is 63.4 Å². The Morgan fingerprint density at radius 2 is 1.90 bits per heavy atom. The van der Waals surface area contributed by atoms with Gasteiger partial charge in [-0.15, -0.1) is 11.8 Å². The number of nitrogens with zero attached hydrogens (tertiary/aromatic N) is 1. The fourth-order valence-electron chi connectivity index (χ4n) is 1.38. The summed E-state index contributed by atoms with van der Waals surface area (Å²) in [6.07, 6.45) is -4.54. The quantitative estimate of drug-likeness (QED) is 0.642. The number of benzene rings is 1. The highest BCUT2D eigenvalue weighted by Crippen LogP contribution is 2.25. The van der Waals surface area contributed by atoms with Gasteiger partial charge < -0.3 is 5.73 Å². The smallest absolute Gasteiger partial charge is 0.398 e. The molecule has 20 heavy (non-hydrogen) atoms. The first-order valence-electron chi connectivity index (χ1n) is 5.60. The van der Waals surface area contributed by atoms with Crippen LogP contribution in [-0.2, 0) is 10.0 Å². The number of anilines is 1. The zero-order valence-electron chi connectivity index (χ0n) is 10.7. The predicted octanol–water partition coefficient (Wildman–Crippen LogP) is 2.18. The second-order valence-corrected chi connectivity index (χ2v) is 7.41. The van der Waals surface area contributed by atoms with Crippen LogP contribution >= 0.6 is 11.8 Å². The molecule has 1 rings (SSSR count). The summed E-state index contributed by atoms with van der Waals surface area (Å²) in [5.74, 6) is -0.239. The molecule has 0 saturated carbocycles. The second kappa shape index (κ2) is 6.68. The molecular weight excluding hydrogens is 313 g/mol. The second-order valence-electron chi connectivity index (χ2n) is 4.07. The van der Waals surface area contributed by atoms with Gasteiger partial charge in [0.15, 0.2) is 0 Å². The van der Waals surface area contributed by atoms with Crippen LogP contribution in [0.4, 0.5) is 18.9 Å². The van der Waals surface area contributed by atoms with Crippen LogP contribution in [-0.4, -0.2) is 44.0 Å². The van der Waals surface area contributed by atoms with E-state index in [2.05, 4.69) is 0 Å². The summed E-state index contributed by atoms with van der Waals surface area (Å²) in [5.41, 5.74) is 6.20. The summed E-state index contributed by atoms with van der Waals surface area (Å²) in [6, 6.07) is 6.90. The molecule has 0 aliphatic heterocycles. The Morgan fingerprint density at radius 3 is 2.45 bits per heavy atom. The summed E-state index contributed by atoms with van der Waals surface area (Å²) in [6.45, 7) is -1.48. The van der Waals surface area contributed by atoms with Crippen LogP contribution in [0.15, 0.2) is 29.2 Å². The maximum Gasteiger partial charge on any atom is 0.402 e. The molecule has 0 saturated heterocycles. The van der Waals surface area contributed by atoms with Gasteiger partial charge in [-0.25, -0.2) is 8.42 Å². The molecule has 0 unspecified atom stereocenters. The molecule has 9 heteroatoms. The molecule has 0 aromatic heterocycles. The van der Waals surface area contributed by atoms with E-state index >= 15 is 0 Å². The van der Waals surface area contributed by atoms with Crippen molar-refractivity contribution < 1.29 is 21.6 Å². The highest BCUT2D eigenvalue weighted by atomic mass is 32.2. The van der Waals surface area contributed by atoms with Crippen molar-refractivity contribution in [2.45, 2.75) is 11.1 Å². The standard InChI is InChI=1S/C11H15F3N2O2S2/c1-16(8-11(12,13)14)20(17,18)7-6-19-10-5-3-2-4-9(10)15/h2-5H,6-8,15H2,1H3. The molecule has 114 valence electrons. The molecule has 0 aliphatic carbocycles. The lowest BCUT2D eigenvalue weighted by Gasteiger charge is -2.18. The van der Waals surface area contributed by atoms with Gasteiger partial charge in [0, 0.05) is 23.4 Å². The minimum atomic E-state index is -4.54. The number of nitrogens with two attached hydrogens (primary N) is 1. The van der Waals surface area contributed by atoms with Crippen molar-refractivity contribution in [3.8, 4) is 0 Å². The van der Waals surface area contributed by atoms with Crippen molar-refractivity contribution in [3.05, 3.63) is 24.3 Å². The summed E-state index contributed by atoms with van der Waals surface area (Å²) in [5, 5.41) is 0. The van der Waals surface area contributed by atoms with E-state index in [0.717, 1.165) is 7.05 Å². The summed E-state index contributed by atoms with van der Waals surface area (Å²) in [7, 11) is -3.00. The van der Waals surface area contributed by atoms with Crippen molar-refractivity contribution in [2.24, 2.45) is 0 Å². The largest absolute Gasteiger partial charge is 0.402 e. The van der Waals surface area contributed by atoms with Crippen molar-refractivity contribution in [1.82, 2.24) is 4.31 Å². The number of alkyl halides is 3. The summed E-state index contributed by atoms with van der Waals surface area (Å²) in [4.78, 5) is 0.709. The Kier molecular flexibility index (Phi) is 5.72. The Bertz CT molecular complexity index is 547. The fraction of sp³-hybridized carbons (Fsp3) is 0.455. The molecule has 0 amide bonds. The van der Waals surface area contributed by atoms with Gasteiger partial charge in [-0.05, 0) is 12.1 Å². The van der Waals surface area contributed by atoms with Gasteiger partial charge in [0.05, 0.1) is 5.75 Å². The molecule has 1 aromatic carbocycles. The van der Waals surface area contributed by atoms with Crippen molar-refractivity contribution in [3.63, 3.8) is 0 Å². The lowest BCUT2D eigenvalue weighted by Crippen LogP contribution is -2.37. The number of thioether (sulfide) groups is 1. The van der Waals surface area contributed by atoms with Crippen LogP contribution in [0.5, 0.6) is 0 Å². The van der Waals surface area contributed by atoms with Crippen molar-refractivity contribution in [2.75, 3.05) is 30.8 Å². The first-order chi connectivity index (χ1) is 9.12. The van der Waals surface area contributed by atoms with Gasteiger partial charge in [-0.3, -0.25) is 0 Å². The number of rotatable bonds is 6. The normalized spacial score (nSPS) is 12.8. The predicted molar refractivity (Wildman–Crippen MR) is 74.1 cm³/mol. The first-order valence-corrected chi connectivity index (χ1v) is 8.19. The van der Waals surface area contributed by atoms with E-state index < -0.39 is 22.7 Å². The first kappa shape index (κ1) is 17.1. The molecule has 2 N–H and O–H groups in total. The fourth-order valence-corrected chi connectivity index (χ4v) is 3.84. The van der Waals surface area contributed by atoms with E-state index in [-0.39, 0.29) is 11.5 Å². The van der Waals surface area contributed by atoms with E-state index in [4.69, 9.17) is 5.73 Å². The van der Waals surface area contributed by atoms with E-state index in [1.165, 1.54) is 11.8 Å². The van der Waals surface area contributed by atoms with Crippen molar-refractivity contribution in [1.29, 1.82) is 0 Å². The third kappa shape index (κ3) is 5.59. The number of hydrogen-bond donors (Lipinski definition) is 1. The van der Waals surface area contributed by atoms with Gasteiger partial charge in [-0.2, -0.15) is 17.5 Å². The van der Waals surface area contributed by atoms with E-state index in [9.17, 15) is 21.6 Å². The number of sulfonamides is 1. The molecule has 1 aromatic rings. The Labute approximate surface area is 120 Å². The molecule has 0 atom stereocenters. The molecular formula is C11H15F3N2O2S2. The minimum absolute atomic E-state index is 0.138. The van der Waals surface area contributed by atoms with Crippen LogP contribution in [0.2, 0.25) is 0 Å². The molecule has 0 bridgehead atoms. The zero-order valence-corrected chi connectivity index (χ0v) is 12.4. The van der Waals surface area contributed by atoms with Gasteiger partial charge in [-0.1, -0.05) is 12.1 Å². The highest BCUT2D eigenvalue weighted by Gasteiger charge is 2.33. The molecule has 0 fully saturated rings. The summed E-state index contributed by atoms with van der Waals surface area (Å²) >= 11 is 1.20. The molecule has 0 heterocycles. The average Bonchev–Trinajstić information content (AvgIpc) is 2.29. The Morgan fingerprint density at radius 1 is 1.30 bits per heavy atom.